The van der Waals surface area contributed by atoms with Crippen LogP contribution < -0.4 is 10.2 Å². The molecule has 0 aromatic heterocycles. The number of hydrogen-bond acceptors (Lipinski definition) is 2. The minimum Gasteiger partial charge on any atom is -0.364 e. The molecule has 1 aliphatic rings. The molecule has 2 nitrogen and oxygen atoms in total. The van der Waals surface area contributed by atoms with Gasteiger partial charge in [0, 0.05) is 25.2 Å². The first-order chi connectivity index (χ1) is 9.56. The highest BCUT2D eigenvalue weighted by Gasteiger charge is 2.30. The lowest BCUT2D eigenvalue weighted by atomic mass is 9.94. The van der Waals surface area contributed by atoms with Crippen LogP contribution in [0.5, 0.6) is 0 Å². The molecule has 0 aliphatic carbocycles. The van der Waals surface area contributed by atoms with E-state index in [0.717, 1.165) is 24.5 Å². The lowest BCUT2D eigenvalue weighted by Gasteiger charge is -2.44. The Balaban J connectivity index is 2.26. The number of benzene rings is 1. The van der Waals surface area contributed by atoms with Gasteiger partial charge in [-0.1, -0.05) is 44.9 Å². The van der Waals surface area contributed by atoms with Gasteiger partial charge in [0.25, 0.3) is 0 Å². The lowest BCUT2D eigenvalue weighted by Crippen LogP contribution is -2.58. The average molecular weight is 295 g/mol. The van der Waals surface area contributed by atoms with Gasteiger partial charge in [0.15, 0.2) is 0 Å². The van der Waals surface area contributed by atoms with Gasteiger partial charge in [0.05, 0.1) is 10.7 Å². The second kappa shape index (κ2) is 6.82. The smallest absolute Gasteiger partial charge is 0.0639 e. The molecule has 2 rings (SSSR count). The molecule has 1 N–H and O–H groups in total. The van der Waals surface area contributed by atoms with E-state index in [2.05, 4.69) is 50.0 Å². The van der Waals surface area contributed by atoms with E-state index < -0.39 is 0 Å². The van der Waals surface area contributed by atoms with Crippen LogP contribution in [0.3, 0.4) is 0 Å². The Morgan fingerprint density at radius 1 is 1.40 bits per heavy atom. The molecule has 3 heteroatoms. The zero-order valence-corrected chi connectivity index (χ0v) is 13.9. The predicted octanol–water partition coefficient (Wildman–Crippen LogP) is 4.25. The highest BCUT2D eigenvalue weighted by Crippen LogP contribution is 2.31. The van der Waals surface area contributed by atoms with Gasteiger partial charge in [-0.15, -0.1) is 0 Å². The summed E-state index contributed by atoms with van der Waals surface area (Å²) in [6, 6.07) is 7.43. The third kappa shape index (κ3) is 3.29. The quantitative estimate of drug-likeness (QED) is 0.893. The zero-order valence-electron chi connectivity index (χ0n) is 13.1. The first-order valence-corrected chi connectivity index (χ1v) is 8.20. The van der Waals surface area contributed by atoms with Gasteiger partial charge in [-0.3, -0.25) is 0 Å². The van der Waals surface area contributed by atoms with Gasteiger partial charge < -0.3 is 10.2 Å². The van der Waals surface area contributed by atoms with Crippen LogP contribution in [-0.4, -0.2) is 25.2 Å². The number of hydrogen-bond donors (Lipinski definition) is 1. The van der Waals surface area contributed by atoms with E-state index in [4.69, 9.17) is 11.6 Å². The van der Waals surface area contributed by atoms with Crippen LogP contribution in [0.15, 0.2) is 18.2 Å². The highest BCUT2D eigenvalue weighted by atomic mass is 35.5. The van der Waals surface area contributed by atoms with E-state index in [0.29, 0.717) is 18.0 Å². The van der Waals surface area contributed by atoms with Crippen molar-refractivity contribution in [3.63, 3.8) is 0 Å². The summed E-state index contributed by atoms with van der Waals surface area (Å²) in [4.78, 5) is 2.52. The van der Waals surface area contributed by atoms with Crippen molar-refractivity contribution >= 4 is 17.3 Å². The van der Waals surface area contributed by atoms with Crippen molar-refractivity contribution in [2.75, 3.05) is 18.0 Å². The van der Waals surface area contributed by atoms with Gasteiger partial charge in [-0.25, -0.2) is 0 Å². The monoisotopic (exact) mass is 294 g/mol. The Kier molecular flexibility index (Phi) is 5.34. The number of piperazine rings is 1. The molecule has 3 atom stereocenters. The molecule has 3 unspecified atom stereocenters. The summed E-state index contributed by atoms with van der Waals surface area (Å²) in [6.07, 6.45) is 2.36. The molecular formula is C17H27ClN2. The molecule has 1 aromatic rings. The second-order valence-corrected chi connectivity index (χ2v) is 6.48. The Bertz CT molecular complexity index is 447. The maximum absolute atomic E-state index is 6.45. The van der Waals surface area contributed by atoms with Crippen molar-refractivity contribution < 1.29 is 0 Å². The van der Waals surface area contributed by atoms with Gasteiger partial charge >= 0.3 is 0 Å². The fourth-order valence-corrected chi connectivity index (χ4v) is 3.22. The predicted molar refractivity (Wildman–Crippen MR) is 88.9 cm³/mol. The van der Waals surface area contributed by atoms with Crippen LogP contribution in [0.1, 0.15) is 39.2 Å². The first-order valence-electron chi connectivity index (χ1n) is 7.83. The number of nitrogens with one attached hydrogen (secondary N) is 1. The molecule has 1 heterocycles. The Morgan fingerprint density at radius 3 is 2.80 bits per heavy atom. The molecule has 1 aromatic carbocycles. The number of rotatable bonds is 4. The van der Waals surface area contributed by atoms with E-state index in [1.54, 1.807) is 0 Å². The summed E-state index contributed by atoms with van der Waals surface area (Å²) in [7, 11) is 0. The molecule has 0 radical (unpaired) electrons. The van der Waals surface area contributed by atoms with E-state index >= 15 is 0 Å². The molecule has 0 bridgehead atoms. The van der Waals surface area contributed by atoms with Gasteiger partial charge in [0.1, 0.15) is 0 Å². The molecule has 0 spiro atoms. The number of aryl methyl sites for hydroxylation is 1. The normalized spacial score (nSPS) is 24.8. The number of anilines is 1. The Labute approximate surface area is 128 Å². The highest BCUT2D eigenvalue weighted by molar-refractivity contribution is 6.33. The third-order valence-corrected chi connectivity index (χ3v) is 4.98. The van der Waals surface area contributed by atoms with Gasteiger partial charge in [-0.2, -0.15) is 0 Å². The fraction of sp³-hybridized carbons (Fsp3) is 0.647. The molecular weight excluding hydrogens is 268 g/mol. The molecule has 20 heavy (non-hydrogen) atoms. The maximum atomic E-state index is 6.45. The third-order valence-electron chi connectivity index (χ3n) is 4.66. The van der Waals surface area contributed by atoms with Gasteiger partial charge in [-0.05, 0) is 37.0 Å². The first kappa shape index (κ1) is 15.7. The average Bonchev–Trinajstić information content (AvgIpc) is 2.48. The fourth-order valence-electron chi connectivity index (χ4n) is 2.99. The van der Waals surface area contributed by atoms with Crippen LogP contribution in [0, 0.1) is 12.8 Å². The topological polar surface area (TPSA) is 15.3 Å². The molecule has 112 valence electrons. The van der Waals surface area contributed by atoms with Crippen LogP contribution in [0.4, 0.5) is 5.69 Å². The maximum Gasteiger partial charge on any atom is 0.0639 e. The number of halogens is 1. The summed E-state index contributed by atoms with van der Waals surface area (Å²) in [5, 5.41) is 4.59. The van der Waals surface area contributed by atoms with Gasteiger partial charge in [0.2, 0.25) is 0 Å². The minimum atomic E-state index is 0.537. The van der Waals surface area contributed by atoms with Crippen molar-refractivity contribution in [3.8, 4) is 0 Å². The Hall–Kier alpha value is -0.730. The lowest BCUT2D eigenvalue weighted by molar-refractivity contribution is 0.306. The van der Waals surface area contributed by atoms with Crippen LogP contribution in [0.25, 0.3) is 0 Å². The standard InChI is InChI=1S/C17H27ClN2/c1-5-13(4)16-11-20(14(6-2)10-19-16)17-9-12(3)7-8-15(17)18/h7-9,13-14,16,19H,5-6,10-11H2,1-4H3. The number of nitrogens with zero attached hydrogens (tertiary/aromatic N) is 1. The van der Waals surface area contributed by atoms with Crippen LogP contribution in [0.2, 0.25) is 5.02 Å². The molecule has 1 saturated heterocycles. The minimum absolute atomic E-state index is 0.537. The Morgan fingerprint density at radius 2 is 2.15 bits per heavy atom. The molecule has 1 fully saturated rings. The van der Waals surface area contributed by atoms with Crippen LogP contribution >= 0.6 is 11.6 Å². The largest absolute Gasteiger partial charge is 0.364 e. The summed E-state index contributed by atoms with van der Waals surface area (Å²) in [6.45, 7) is 11.1. The SMILES string of the molecule is CCC(C)C1CN(c2cc(C)ccc2Cl)C(CC)CN1. The molecule has 0 amide bonds. The summed E-state index contributed by atoms with van der Waals surface area (Å²) in [5.74, 6) is 0.693. The second-order valence-electron chi connectivity index (χ2n) is 6.07. The van der Waals surface area contributed by atoms with E-state index in [1.165, 1.54) is 17.7 Å². The summed E-state index contributed by atoms with van der Waals surface area (Å²) < 4.78 is 0. The van der Waals surface area contributed by atoms with Crippen molar-refractivity contribution in [1.82, 2.24) is 5.32 Å². The van der Waals surface area contributed by atoms with Crippen LogP contribution in [-0.2, 0) is 0 Å². The van der Waals surface area contributed by atoms with E-state index in [-0.39, 0.29) is 0 Å². The van der Waals surface area contributed by atoms with Crippen molar-refractivity contribution in [3.05, 3.63) is 28.8 Å². The van der Waals surface area contributed by atoms with Crippen molar-refractivity contribution in [2.45, 2.75) is 52.6 Å². The summed E-state index contributed by atoms with van der Waals surface area (Å²) >= 11 is 6.45. The molecule has 0 saturated carbocycles. The van der Waals surface area contributed by atoms with Crippen molar-refractivity contribution in [1.29, 1.82) is 0 Å². The summed E-state index contributed by atoms with van der Waals surface area (Å²) in [5.41, 5.74) is 2.48. The van der Waals surface area contributed by atoms with Crippen molar-refractivity contribution in [2.24, 2.45) is 5.92 Å². The van der Waals surface area contributed by atoms with E-state index in [9.17, 15) is 0 Å². The van der Waals surface area contributed by atoms with E-state index in [1.807, 2.05) is 6.07 Å². The zero-order chi connectivity index (χ0) is 14.7. The molecule has 1 aliphatic heterocycles.